The van der Waals surface area contributed by atoms with E-state index in [9.17, 15) is 0 Å². The molecular weight excluding hydrogens is 234 g/mol. The lowest BCUT2D eigenvalue weighted by Crippen LogP contribution is -2.34. The highest BCUT2D eigenvalue weighted by Crippen LogP contribution is 2.28. The maximum Gasteiger partial charge on any atom is 0.118 e. The topological polar surface area (TPSA) is 35.2 Å². The standard InChI is InChI=1S/C17H21NO/c1-4-13-6-5-7-15(12-13)17(2,18)14-8-10-16(19-3)11-9-14/h5-12H,4,18H2,1-3H3. The van der Waals surface area contributed by atoms with Gasteiger partial charge in [0.15, 0.2) is 0 Å². The summed E-state index contributed by atoms with van der Waals surface area (Å²) in [5.41, 5.74) is 9.57. The molecule has 0 aliphatic rings. The van der Waals surface area contributed by atoms with Crippen molar-refractivity contribution in [1.29, 1.82) is 0 Å². The predicted octanol–water partition coefficient (Wildman–Crippen LogP) is 3.48. The molecule has 0 fully saturated rings. The van der Waals surface area contributed by atoms with Crippen molar-refractivity contribution in [1.82, 2.24) is 0 Å². The van der Waals surface area contributed by atoms with Crippen LogP contribution in [0.15, 0.2) is 48.5 Å². The number of hydrogen-bond donors (Lipinski definition) is 1. The van der Waals surface area contributed by atoms with E-state index >= 15 is 0 Å². The van der Waals surface area contributed by atoms with E-state index in [0.717, 1.165) is 23.3 Å². The molecule has 0 heterocycles. The average Bonchev–Trinajstić information content (AvgIpc) is 2.47. The van der Waals surface area contributed by atoms with Crippen LogP contribution in [0, 0.1) is 0 Å². The molecule has 0 aliphatic heterocycles. The van der Waals surface area contributed by atoms with Crippen LogP contribution in [-0.4, -0.2) is 7.11 Å². The lowest BCUT2D eigenvalue weighted by molar-refractivity contribution is 0.414. The van der Waals surface area contributed by atoms with Gasteiger partial charge >= 0.3 is 0 Å². The van der Waals surface area contributed by atoms with Crippen LogP contribution in [0.2, 0.25) is 0 Å². The zero-order valence-corrected chi connectivity index (χ0v) is 11.8. The molecule has 2 aromatic rings. The lowest BCUT2D eigenvalue weighted by Gasteiger charge is -2.26. The molecule has 1 unspecified atom stereocenters. The van der Waals surface area contributed by atoms with Gasteiger partial charge in [0, 0.05) is 0 Å². The van der Waals surface area contributed by atoms with Gasteiger partial charge in [-0.3, -0.25) is 0 Å². The fraction of sp³-hybridized carbons (Fsp3) is 0.294. The molecule has 2 rings (SSSR count). The summed E-state index contributed by atoms with van der Waals surface area (Å²) in [4.78, 5) is 0. The van der Waals surface area contributed by atoms with E-state index in [4.69, 9.17) is 10.5 Å². The van der Waals surface area contributed by atoms with Crippen molar-refractivity contribution in [2.75, 3.05) is 7.11 Å². The highest BCUT2D eigenvalue weighted by Gasteiger charge is 2.23. The van der Waals surface area contributed by atoms with Gasteiger partial charge in [0.2, 0.25) is 0 Å². The molecule has 2 N–H and O–H groups in total. The third kappa shape index (κ3) is 2.79. The Labute approximate surface area is 115 Å². The lowest BCUT2D eigenvalue weighted by atomic mass is 9.85. The van der Waals surface area contributed by atoms with E-state index in [1.54, 1.807) is 7.11 Å². The van der Waals surface area contributed by atoms with Gasteiger partial charge in [-0.15, -0.1) is 0 Å². The minimum absolute atomic E-state index is 0.489. The van der Waals surface area contributed by atoms with Gasteiger partial charge in [0.25, 0.3) is 0 Å². The number of methoxy groups -OCH3 is 1. The normalized spacial score (nSPS) is 13.9. The number of hydrogen-bond acceptors (Lipinski definition) is 2. The Morgan fingerprint density at radius 1 is 1.05 bits per heavy atom. The second-order valence-electron chi connectivity index (χ2n) is 4.98. The van der Waals surface area contributed by atoms with Gasteiger partial charge in [-0.05, 0) is 42.2 Å². The van der Waals surface area contributed by atoms with Crippen LogP contribution in [0.4, 0.5) is 0 Å². The Morgan fingerprint density at radius 2 is 1.74 bits per heavy atom. The average molecular weight is 255 g/mol. The van der Waals surface area contributed by atoms with Gasteiger partial charge in [-0.25, -0.2) is 0 Å². The van der Waals surface area contributed by atoms with Crippen molar-refractivity contribution in [2.45, 2.75) is 25.8 Å². The molecule has 1 atom stereocenters. The van der Waals surface area contributed by atoms with E-state index < -0.39 is 5.54 Å². The Balaban J connectivity index is 2.38. The Kier molecular flexibility index (Phi) is 3.91. The van der Waals surface area contributed by atoms with Crippen LogP contribution in [0.3, 0.4) is 0 Å². The van der Waals surface area contributed by atoms with E-state index in [0.29, 0.717) is 0 Å². The molecule has 2 heteroatoms. The monoisotopic (exact) mass is 255 g/mol. The third-order valence-corrected chi connectivity index (χ3v) is 3.62. The van der Waals surface area contributed by atoms with E-state index in [1.165, 1.54) is 5.56 Å². The Hall–Kier alpha value is -1.80. The second kappa shape index (κ2) is 5.45. The minimum Gasteiger partial charge on any atom is -0.497 e. The molecule has 0 spiro atoms. The van der Waals surface area contributed by atoms with E-state index in [-0.39, 0.29) is 0 Å². The molecular formula is C17H21NO. The maximum absolute atomic E-state index is 6.53. The summed E-state index contributed by atoms with van der Waals surface area (Å²) < 4.78 is 5.18. The first-order valence-corrected chi connectivity index (χ1v) is 6.60. The first kappa shape index (κ1) is 13.6. The highest BCUT2D eigenvalue weighted by atomic mass is 16.5. The molecule has 0 aromatic heterocycles. The predicted molar refractivity (Wildman–Crippen MR) is 79.5 cm³/mol. The Morgan fingerprint density at radius 3 is 2.32 bits per heavy atom. The molecule has 0 saturated carbocycles. The second-order valence-corrected chi connectivity index (χ2v) is 4.98. The maximum atomic E-state index is 6.53. The van der Waals surface area contributed by atoms with Crippen molar-refractivity contribution < 1.29 is 4.74 Å². The minimum atomic E-state index is -0.489. The first-order chi connectivity index (χ1) is 9.07. The van der Waals surface area contributed by atoms with Crippen LogP contribution in [0.1, 0.15) is 30.5 Å². The number of benzene rings is 2. The summed E-state index contributed by atoms with van der Waals surface area (Å²) in [6.07, 6.45) is 1.02. The van der Waals surface area contributed by atoms with Crippen molar-refractivity contribution >= 4 is 0 Å². The van der Waals surface area contributed by atoms with Crippen molar-refractivity contribution in [3.8, 4) is 5.75 Å². The summed E-state index contributed by atoms with van der Waals surface area (Å²) in [5, 5.41) is 0. The first-order valence-electron chi connectivity index (χ1n) is 6.60. The number of aryl methyl sites for hydroxylation is 1. The summed E-state index contributed by atoms with van der Waals surface area (Å²) in [5.74, 6) is 0.849. The molecule has 0 radical (unpaired) electrons. The van der Waals surface area contributed by atoms with Crippen molar-refractivity contribution in [3.05, 3.63) is 65.2 Å². The van der Waals surface area contributed by atoms with E-state index in [1.807, 2.05) is 31.2 Å². The number of nitrogens with two attached hydrogens (primary N) is 1. The van der Waals surface area contributed by atoms with Gasteiger partial charge in [0.1, 0.15) is 5.75 Å². The van der Waals surface area contributed by atoms with Crippen molar-refractivity contribution in [3.63, 3.8) is 0 Å². The van der Waals surface area contributed by atoms with Crippen molar-refractivity contribution in [2.24, 2.45) is 5.73 Å². The highest BCUT2D eigenvalue weighted by molar-refractivity contribution is 5.40. The molecule has 19 heavy (non-hydrogen) atoms. The van der Waals surface area contributed by atoms with Gasteiger partial charge in [-0.2, -0.15) is 0 Å². The van der Waals surface area contributed by atoms with Gasteiger partial charge in [-0.1, -0.05) is 43.3 Å². The summed E-state index contributed by atoms with van der Waals surface area (Å²) in [6.45, 7) is 4.20. The van der Waals surface area contributed by atoms with Crippen LogP contribution < -0.4 is 10.5 Å². The molecule has 2 nitrogen and oxygen atoms in total. The number of ether oxygens (including phenoxy) is 1. The largest absolute Gasteiger partial charge is 0.497 e. The van der Waals surface area contributed by atoms with Gasteiger partial charge < -0.3 is 10.5 Å². The molecule has 0 saturated heterocycles. The van der Waals surface area contributed by atoms with Crippen LogP contribution in [0.25, 0.3) is 0 Å². The smallest absolute Gasteiger partial charge is 0.118 e. The van der Waals surface area contributed by atoms with Gasteiger partial charge in [0.05, 0.1) is 12.6 Å². The quantitative estimate of drug-likeness (QED) is 0.907. The molecule has 0 bridgehead atoms. The number of rotatable bonds is 4. The van der Waals surface area contributed by atoms with E-state index in [2.05, 4.69) is 31.2 Å². The Bertz CT molecular complexity index is 543. The third-order valence-electron chi connectivity index (χ3n) is 3.62. The van der Waals surface area contributed by atoms with Crippen LogP contribution >= 0.6 is 0 Å². The summed E-state index contributed by atoms with van der Waals surface area (Å²) in [6, 6.07) is 16.4. The van der Waals surface area contributed by atoms with Crippen LogP contribution in [-0.2, 0) is 12.0 Å². The fourth-order valence-corrected chi connectivity index (χ4v) is 2.22. The fourth-order valence-electron chi connectivity index (χ4n) is 2.22. The molecule has 100 valence electrons. The summed E-state index contributed by atoms with van der Waals surface area (Å²) in [7, 11) is 1.67. The molecule has 2 aromatic carbocycles. The van der Waals surface area contributed by atoms with Crippen LogP contribution in [0.5, 0.6) is 5.75 Å². The molecule has 0 aliphatic carbocycles. The zero-order valence-electron chi connectivity index (χ0n) is 11.8. The zero-order chi connectivity index (χ0) is 13.9. The summed E-state index contributed by atoms with van der Waals surface area (Å²) >= 11 is 0. The SMILES string of the molecule is CCc1cccc(C(C)(N)c2ccc(OC)cc2)c1. The molecule has 0 amide bonds.